The Kier molecular flexibility index (Phi) is 3.94. The maximum Gasteiger partial charge on any atom is 0.218 e. The Labute approximate surface area is 111 Å². The van der Waals surface area contributed by atoms with Crippen LogP contribution < -0.4 is 10.1 Å². The Balaban J connectivity index is 2.20. The molecule has 0 aliphatic carbocycles. The molecule has 2 aromatic rings. The Bertz CT molecular complexity index is 619. The van der Waals surface area contributed by atoms with Gasteiger partial charge in [0.25, 0.3) is 0 Å². The van der Waals surface area contributed by atoms with Crippen LogP contribution in [0, 0.1) is 18.3 Å². The first-order valence-corrected chi connectivity index (χ1v) is 5.83. The Morgan fingerprint density at radius 1 is 1.32 bits per heavy atom. The number of rotatable bonds is 4. The predicted molar refractivity (Wildman–Crippen MR) is 71.8 cm³/mol. The number of pyridine rings is 2. The zero-order valence-electron chi connectivity index (χ0n) is 10.8. The monoisotopic (exact) mass is 254 g/mol. The van der Waals surface area contributed by atoms with Crippen LogP contribution in [-0.4, -0.2) is 17.1 Å². The number of hydrogen-bond donors (Lipinski definition) is 1. The molecular weight excluding hydrogens is 240 g/mol. The van der Waals surface area contributed by atoms with Crippen molar-refractivity contribution in [2.75, 3.05) is 12.4 Å². The number of nitrogens with zero attached hydrogens (tertiary/aromatic N) is 3. The van der Waals surface area contributed by atoms with Crippen molar-refractivity contribution in [3.8, 4) is 11.9 Å². The Morgan fingerprint density at radius 2 is 2.16 bits per heavy atom. The first kappa shape index (κ1) is 12.8. The van der Waals surface area contributed by atoms with Crippen LogP contribution in [0.2, 0.25) is 0 Å². The summed E-state index contributed by atoms with van der Waals surface area (Å²) in [6.45, 7) is 2.39. The summed E-state index contributed by atoms with van der Waals surface area (Å²) in [5.74, 6) is 1.15. The van der Waals surface area contributed by atoms with Crippen LogP contribution in [0.25, 0.3) is 0 Å². The molecule has 2 aromatic heterocycles. The molecule has 0 aliphatic rings. The molecule has 96 valence electrons. The lowest BCUT2D eigenvalue weighted by molar-refractivity contribution is 0.393. The largest absolute Gasteiger partial charge is 0.481 e. The topological polar surface area (TPSA) is 70.8 Å². The average molecular weight is 254 g/mol. The van der Waals surface area contributed by atoms with Gasteiger partial charge in [-0.2, -0.15) is 5.26 Å². The van der Waals surface area contributed by atoms with Crippen molar-refractivity contribution < 1.29 is 4.74 Å². The second kappa shape index (κ2) is 5.83. The standard InChI is InChI=1S/C14H14N4O/c1-10-5-7-16-13(12(10)8-15)18-9-11-4-3-6-17-14(11)19-2/h3-7H,9H2,1-2H3,(H,16,18). The molecule has 2 rings (SSSR count). The number of nitrogens with one attached hydrogen (secondary N) is 1. The quantitative estimate of drug-likeness (QED) is 0.906. The fraction of sp³-hybridized carbons (Fsp3) is 0.214. The molecule has 0 atom stereocenters. The van der Waals surface area contributed by atoms with E-state index in [1.54, 1.807) is 19.5 Å². The van der Waals surface area contributed by atoms with Crippen LogP contribution in [0.3, 0.4) is 0 Å². The van der Waals surface area contributed by atoms with Crippen molar-refractivity contribution in [3.63, 3.8) is 0 Å². The first-order chi connectivity index (χ1) is 9.26. The van der Waals surface area contributed by atoms with Crippen molar-refractivity contribution in [1.82, 2.24) is 9.97 Å². The predicted octanol–water partition coefficient (Wildman–Crippen LogP) is 2.28. The average Bonchev–Trinajstić information content (AvgIpc) is 2.45. The Hall–Kier alpha value is -2.61. The van der Waals surface area contributed by atoms with E-state index in [0.29, 0.717) is 23.8 Å². The Morgan fingerprint density at radius 3 is 2.89 bits per heavy atom. The molecule has 0 saturated heterocycles. The molecule has 0 amide bonds. The van der Waals surface area contributed by atoms with Gasteiger partial charge in [-0.1, -0.05) is 6.07 Å². The van der Waals surface area contributed by atoms with Crippen molar-refractivity contribution in [1.29, 1.82) is 5.26 Å². The van der Waals surface area contributed by atoms with E-state index in [0.717, 1.165) is 11.1 Å². The number of methoxy groups -OCH3 is 1. The van der Waals surface area contributed by atoms with Crippen molar-refractivity contribution >= 4 is 5.82 Å². The van der Waals surface area contributed by atoms with Crippen LogP contribution in [0.1, 0.15) is 16.7 Å². The highest BCUT2D eigenvalue weighted by Crippen LogP contribution is 2.18. The SMILES string of the molecule is COc1ncccc1CNc1nccc(C)c1C#N. The van der Waals surface area contributed by atoms with Gasteiger partial charge < -0.3 is 10.1 Å². The number of ether oxygens (including phenoxy) is 1. The lowest BCUT2D eigenvalue weighted by atomic mass is 10.1. The summed E-state index contributed by atoms with van der Waals surface area (Å²) in [7, 11) is 1.58. The maximum absolute atomic E-state index is 9.13. The zero-order chi connectivity index (χ0) is 13.7. The van der Waals surface area contributed by atoms with Gasteiger partial charge in [-0.05, 0) is 24.6 Å². The van der Waals surface area contributed by atoms with E-state index in [4.69, 9.17) is 10.00 Å². The molecule has 2 heterocycles. The summed E-state index contributed by atoms with van der Waals surface area (Å²) in [4.78, 5) is 8.31. The van der Waals surface area contributed by atoms with E-state index in [1.807, 2.05) is 25.1 Å². The van der Waals surface area contributed by atoms with Crippen molar-refractivity contribution in [3.05, 3.63) is 47.3 Å². The highest BCUT2D eigenvalue weighted by molar-refractivity contribution is 5.55. The molecule has 0 aromatic carbocycles. The van der Waals surface area contributed by atoms with Crippen LogP contribution in [-0.2, 0) is 6.54 Å². The second-order valence-electron chi connectivity index (χ2n) is 3.99. The molecule has 5 heteroatoms. The lowest BCUT2D eigenvalue weighted by Crippen LogP contribution is -2.06. The molecule has 0 spiro atoms. The number of aryl methyl sites for hydroxylation is 1. The van der Waals surface area contributed by atoms with Crippen LogP contribution in [0.4, 0.5) is 5.82 Å². The van der Waals surface area contributed by atoms with E-state index in [1.165, 1.54) is 0 Å². The van der Waals surface area contributed by atoms with Gasteiger partial charge >= 0.3 is 0 Å². The van der Waals surface area contributed by atoms with Gasteiger partial charge in [-0.3, -0.25) is 0 Å². The molecule has 0 bridgehead atoms. The highest BCUT2D eigenvalue weighted by Gasteiger charge is 2.08. The minimum absolute atomic E-state index is 0.502. The van der Waals surface area contributed by atoms with Gasteiger partial charge in [-0.25, -0.2) is 9.97 Å². The molecule has 0 radical (unpaired) electrons. The molecule has 5 nitrogen and oxygen atoms in total. The van der Waals surface area contributed by atoms with Crippen LogP contribution in [0.5, 0.6) is 5.88 Å². The number of aromatic nitrogens is 2. The summed E-state index contributed by atoms with van der Waals surface area (Å²) in [6, 6.07) is 7.73. The summed E-state index contributed by atoms with van der Waals surface area (Å²) < 4.78 is 5.18. The van der Waals surface area contributed by atoms with Gasteiger partial charge in [-0.15, -0.1) is 0 Å². The first-order valence-electron chi connectivity index (χ1n) is 5.83. The van der Waals surface area contributed by atoms with E-state index in [-0.39, 0.29) is 0 Å². The lowest BCUT2D eigenvalue weighted by Gasteiger charge is -2.10. The summed E-state index contributed by atoms with van der Waals surface area (Å²) in [6.07, 6.45) is 3.35. The summed E-state index contributed by atoms with van der Waals surface area (Å²) in [5, 5.41) is 12.3. The van der Waals surface area contributed by atoms with Gasteiger partial charge in [0.2, 0.25) is 5.88 Å². The number of nitriles is 1. The molecule has 1 N–H and O–H groups in total. The maximum atomic E-state index is 9.13. The van der Waals surface area contributed by atoms with Crippen LogP contribution >= 0.6 is 0 Å². The summed E-state index contributed by atoms with van der Waals surface area (Å²) in [5.41, 5.74) is 2.38. The van der Waals surface area contributed by atoms with Gasteiger partial charge in [0, 0.05) is 24.5 Å². The van der Waals surface area contributed by atoms with Crippen LogP contribution in [0.15, 0.2) is 30.6 Å². The van der Waals surface area contributed by atoms with Gasteiger partial charge in [0.15, 0.2) is 0 Å². The highest BCUT2D eigenvalue weighted by atomic mass is 16.5. The summed E-state index contributed by atoms with van der Waals surface area (Å²) >= 11 is 0. The second-order valence-corrected chi connectivity index (χ2v) is 3.99. The van der Waals surface area contributed by atoms with E-state index in [9.17, 15) is 0 Å². The molecule has 0 aliphatic heterocycles. The third-order valence-corrected chi connectivity index (χ3v) is 2.76. The van der Waals surface area contributed by atoms with E-state index in [2.05, 4.69) is 21.4 Å². The molecule has 0 unspecified atom stereocenters. The van der Waals surface area contributed by atoms with E-state index >= 15 is 0 Å². The number of anilines is 1. The fourth-order valence-corrected chi connectivity index (χ4v) is 1.75. The minimum Gasteiger partial charge on any atom is -0.481 e. The van der Waals surface area contributed by atoms with E-state index < -0.39 is 0 Å². The smallest absolute Gasteiger partial charge is 0.218 e. The van der Waals surface area contributed by atoms with Gasteiger partial charge in [0.1, 0.15) is 11.9 Å². The van der Waals surface area contributed by atoms with Crippen molar-refractivity contribution in [2.45, 2.75) is 13.5 Å². The third kappa shape index (κ3) is 2.80. The normalized spacial score (nSPS) is 9.74. The van der Waals surface area contributed by atoms with Gasteiger partial charge in [0.05, 0.1) is 12.7 Å². The fourth-order valence-electron chi connectivity index (χ4n) is 1.75. The third-order valence-electron chi connectivity index (χ3n) is 2.76. The number of hydrogen-bond acceptors (Lipinski definition) is 5. The molecule has 0 saturated carbocycles. The minimum atomic E-state index is 0.502. The zero-order valence-corrected chi connectivity index (χ0v) is 10.8. The molecule has 0 fully saturated rings. The van der Waals surface area contributed by atoms with Crippen molar-refractivity contribution in [2.24, 2.45) is 0 Å². The molecule has 19 heavy (non-hydrogen) atoms. The molecular formula is C14H14N4O.